The molecular weight excluding hydrogens is 368 g/mol. The lowest BCUT2D eigenvalue weighted by Crippen LogP contribution is -2.29. The quantitative estimate of drug-likeness (QED) is 0.864. The Morgan fingerprint density at radius 2 is 1.75 bits per heavy atom. The van der Waals surface area contributed by atoms with Gasteiger partial charge in [0.25, 0.3) is 0 Å². The molecule has 3 rings (SSSR count). The summed E-state index contributed by atoms with van der Waals surface area (Å²) in [5.41, 5.74) is 3.78. The maximum Gasteiger partial charge on any atom is 0.229 e. The summed E-state index contributed by atoms with van der Waals surface area (Å²) < 4.78 is 0.956. The largest absolute Gasteiger partial charge is 0.326 e. The number of amides is 2. The number of aryl methyl sites for hydroxylation is 2. The van der Waals surface area contributed by atoms with Gasteiger partial charge < -0.3 is 10.2 Å². The molecule has 2 aromatic carbocycles. The van der Waals surface area contributed by atoms with Crippen LogP contribution in [0.15, 0.2) is 46.9 Å². The maximum atomic E-state index is 12.5. The smallest absolute Gasteiger partial charge is 0.229 e. The fourth-order valence-corrected chi connectivity index (χ4v) is 3.37. The first-order chi connectivity index (χ1) is 11.5. The highest BCUT2D eigenvalue weighted by Crippen LogP contribution is 2.31. The number of hydrogen-bond donors (Lipinski definition) is 1. The molecule has 2 amide bonds. The van der Waals surface area contributed by atoms with Crippen molar-refractivity contribution in [1.82, 2.24) is 0 Å². The van der Waals surface area contributed by atoms with Gasteiger partial charge in [0.05, 0.1) is 5.92 Å². The van der Waals surface area contributed by atoms with Crippen LogP contribution in [-0.4, -0.2) is 18.4 Å². The van der Waals surface area contributed by atoms with E-state index >= 15 is 0 Å². The summed E-state index contributed by atoms with van der Waals surface area (Å²) in [4.78, 5) is 26.7. The minimum absolute atomic E-state index is 0.00311. The highest BCUT2D eigenvalue weighted by atomic mass is 79.9. The van der Waals surface area contributed by atoms with Crippen LogP contribution in [0.1, 0.15) is 17.5 Å². The second-order valence-electron chi connectivity index (χ2n) is 6.14. The summed E-state index contributed by atoms with van der Waals surface area (Å²) in [6.07, 6.45) is 0.246. The molecule has 1 saturated heterocycles. The molecule has 1 N–H and O–H groups in total. The molecule has 1 fully saturated rings. The third-order valence-electron chi connectivity index (χ3n) is 4.32. The fourth-order valence-electron chi connectivity index (χ4n) is 3.11. The van der Waals surface area contributed by atoms with E-state index in [1.54, 1.807) is 4.90 Å². The van der Waals surface area contributed by atoms with E-state index in [1.165, 1.54) is 0 Å². The lowest BCUT2D eigenvalue weighted by Gasteiger charge is -2.21. The van der Waals surface area contributed by atoms with Crippen LogP contribution in [0.5, 0.6) is 0 Å². The van der Waals surface area contributed by atoms with E-state index in [0.29, 0.717) is 6.54 Å². The molecule has 0 spiro atoms. The second-order valence-corrected chi connectivity index (χ2v) is 7.06. The molecule has 0 unspecified atom stereocenters. The van der Waals surface area contributed by atoms with Gasteiger partial charge in [-0.2, -0.15) is 0 Å². The van der Waals surface area contributed by atoms with E-state index in [9.17, 15) is 9.59 Å². The molecule has 0 radical (unpaired) electrons. The van der Waals surface area contributed by atoms with Crippen molar-refractivity contribution in [3.8, 4) is 0 Å². The van der Waals surface area contributed by atoms with Crippen LogP contribution in [-0.2, 0) is 9.59 Å². The lowest BCUT2D eigenvalue weighted by molar-refractivity contribution is -0.122. The summed E-state index contributed by atoms with van der Waals surface area (Å²) in [6, 6.07) is 13.4. The number of hydrogen-bond acceptors (Lipinski definition) is 2. The molecule has 124 valence electrons. The van der Waals surface area contributed by atoms with Gasteiger partial charge in [0, 0.05) is 28.8 Å². The van der Waals surface area contributed by atoms with Gasteiger partial charge in [0.15, 0.2) is 0 Å². The topological polar surface area (TPSA) is 49.4 Å². The van der Waals surface area contributed by atoms with Gasteiger partial charge in [0.2, 0.25) is 11.8 Å². The second kappa shape index (κ2) is 6.77. The SMILES string of the molecule is Cc1cccc(C)c1N1C[C@H](C(=O)Nc2ccc(Br)cc2)CC1=O. The lowest BCUT2D eigenvalue weighted by atomic mass is 10.1. The molecule has 0 saturated carbocycles. The number of rotatable bonds is 3. The van der Waals surface area contributed by atoms with Crippen molar-refractivity contribution in [3.05, 3.63) is 58.1 Å². The monoisotopic (exact) mass is 386 g/mol. The Hall–Kier alpha value is -2.14. The summed E-state index contributed by atoms with van der Waals surface area (Å²) in [5, 5.41) is 2.89. The van der Waals surface area contributed by atoms with Crippen LogP contribution < -0.4 is 10.2 Å². The summed E-state index contributed by atoms with van der Waals surface area (Å²) in [5.74, 6) is -0.442. The molecule has 2 aromatic rings. The molecule has 24 heavy (non-hydrogen) atoms. The number of nitrogens with one attached hydrogen (secondary N) is 1. The molecule has 0 bridgehead atoms. The van der Waals surface area contributed by atoms with Crippen LogP contribution in [0.4, 0.5) is 11.4 Å². The minimum Gasteiger partial charge on any atom is -0.326 e. The molecular formula is C19H19BrN2O2. The van der Waals surface area contributed by atoms with Gasteiger partial charge in [-0.15, -0.1) is 0 Å². The molecule has 0 aromatic heterocycles. The van der Waals surface area contributed by atoms with Gasteiger partial charge in [-0.25, -0.2) is 0 Å². The average Bonchev–Trinajstić information content (AvgIpc) is 2.91. The maximum absolute atomic E-state index is 12.5. The van der Waals surface area contributed by atoms with Crippen molar-refractivity contribution < 1.29 is 9.59 Å². The highest BCUT2D eigenvalue weighted by molar-refractivity contribution is 9.10. The molecule has 5 heteroatoms. The Morgan fingerprint density at radius 3 is 2.38 bits per heavy atom. The third kappa shape index (κ3) is 3.36. The number of halogens is 1. The first-order valence-electron chi connectivity index (χ1n) is 7.88. The number of anilines is 2. The van der Waals surface area contributed by atoms with E-state index in [-0.39, 0.29) is 24.2 Å². The van der Waals surface area contributed by atoms with Crippen LogP contribution >= 0.6 is 15.9 Å². The number of para-hydroxylation sites is 1. The zero-order valence-electron chi connectivity index (χ0n) is 13.7. The summed E-state index contributed by atoms with van der Waals surface area (Å²) in [7, 11) is 0. The zero-order valence-corrected chi connectivity index (χ0v) is 15.3. The predicted octanol–water partition coefficient (Wildman–Crippen LogP) is 4.06. The number of carbonyl (C=O) groups is 2. The van der Waals surface area contributed by atoms with Crippen LogP contribution in [0, 0.1) is 19.8 Å². The number of benzene rings is 2. The van der Waals surface area contributed by atoms with Crippen molar-refractivity contribution in [1.29, 1.82) is 0 Å². The van der Waals surface area contributed by atoms with Gasteiger partial charge in [-0.1, -0.05) is 34.1 Å². The summed E-state index contributed by atoms with van der Waals surface area (Å²) >= 11 is 3.37. The van der Waals surface area contributed by atoms with Crippen molar-refractivity contribution in [3.63, 3.8) is 0 Å². The van der Waals surface area contributed by atoms with Crippen molar-refractivity contribution in [2.75, 3.05) is 16.8 Å². The average molecular weight is 387 g/mol. The highest BCUT2D eigenvalue weighted by Gasteiger charge is 2.36. The van der Waals surface area contributed by atoms with Gasteiger partial charge in [-0.3, -0.25) is 9.59 Å². The first kappa shape index (κ1) is 16.7. The zero-order chi connectivity index (χ0) is 17.3. The van der Waals surface area contributed by atoms with Gasteiger partial charge in [-0.05, 0) is 49.2 Å². The standard InChI is InChI=1S/C19H19BrN2O2/c1-12-4-3-5-13(2)18(12)22-11-14(10-17(22)23)19(24)21-16-8-6-15(20)7-9-16/h3-9,14H,10-11H2,1-2H3,(H,21,24)/t14-/m1/s1. The van der Waals surface area contributed by atoms with Crippen LogP contribution in [0.2, 0.25) is 0 Å². The summed E-state index contributed by atoms with van der Waals surface area (Å²) in [6.45, 7) is 4.41. The van der Waals surface area contributed by atoms with E-state index in [1.807, 2.05) is 56.3 Å². The van der Waals surface area contributed by atoms with E-state index in [0.717, 1.165) is 27.0 Å². The van der Waals surface area contributed by atoms with E-state index < -0.39 is 0 Å². The Kier molecular flexibility index (Phi) is 4.71. The van der Waals surface area contributed by atoms with E-state index in [2.05, 4.69) is 21.2 Å². The molecule has 4 nitrogen and oxygen atoms in total. The Balaban J connectivity index is 1.74. The molecule has 1 atom stereocenters. The number of nitrogens with zero attached hydrogens (tertiary/aromatic N) is 1. The molecule has 1 aliphatic rings. The minimum atomic E-state index is -0.333. The molecule has 1 aliphatic heterocycles. The Labute approximate surface area is 150 Å². The molecule has 1 heterocycles. The van der Waals surface area contributed by atoms with Crippen LogP contribution in [0.25, 0.3) is 0 Å². The van der Waals surface area contributed by atoms with E-state index in [4.69, 9.17) is 0 Å². The Bertz CT molecular complexity index is 766. The fraction of sp³-hybridized carbons (Fsp3) is 0.263. The van der Waals surface area contributed by atoms with Crippen LogP contribution in [0.3, 0.4) is 0 Å². The number of carbonyl (C=O) groups excluding carboxylic acids is 2. The van der Waals surface area contributed by atoms with Crippen molar-refractivity contribution in [2.45, 2.75) is 20.3 Å². The first-order valence-corrected chi connectivity index (χ1v) is 8.68. The van der Waals surface area contributed by atoms with Gasteiger partial charge >= 0.3 is 0 Å². The van der Waals surface area contributed by atoms with Gasteiger partial charge in [0.1, 0.15) is 0 Å². The predicted molar refractivity (Wildman–Crippen MR) is 99.1 cm³/mol. The van der Waals surface area contributed by atoms with Crippen molar-refractivity contribution >= 4 is 39.1 Å². The molecule has 0 aliphatic carbocycles. The Morgan fingerprint density at radius 1 is 1.12 bits per heavy atom. The normalized spacial score (nSPS) is 17.2. The third-order valence-corrected chi connectivity index (χ3v) is 4.85. The van der Waals surface area contributed by atoms with Crippen molar-refractivity contribution in [2.24, 2.45) is 5.92 Å².